The predicted molar refractivity (Wildman–Crippen MR) is 100 cm³/mol. The van der Waals surface area contributed by atoms with Gasteiger partial charge in [-0.3, -0.25) is 10.1 Å². The molecule has 2 aromatic rings. The van der Waals surface area contributed by atoms with Crippen LogP contribution in [0, 0.1) is 0 Å². The summed E-state index contributed by atoms with van der Waals surface area (Å²) in [5, 5.41) is 16.3. The molecule has 7 heteroatoms. The standard InChI is InChI=1S/C18H17ClN2O3S/c1-10(2)11-3-5-12(6-4-11)16(22)21-18(25)20-13-7-8-14(17(23)24)15(19)9-13/h3-10H,1-2H3,(H,23,24)(H2,20,21,22,25)/p-1. The zero-order valence-electron chi connectivity index (χ0n) is 13.6. The van der Waals surface area contributed by atoms with E-state index in [1.54, 1.807) is 12.1 Å². The number of thiocarbonyl (C=S) groups is 1. The number of benzene rings is 2. The quantitative estimate of drug-likeness (QED) is 0.803. The van der Waals surface area contributed by atoms with E-state index in [9.17, 15) is 14.7 Å². The first-order valence-electron chi connectivity index (χ1n) is 7.51. The summed E-state index contributed by atoms with van der Waals surface area (Å²) in [4.78, 5) is 23.0. The molecule has 1 amide bonds. The minimum atomic E-state index is -1.36. The molecule has 2 N–H and O–H groups in total. The van der Waals surface area contributed by atoms with Crippen LogP contribution in [0.5, 0.6) is 0 Å². The summed E-state index contributed by atoms with van der Waals surface area (Å²) in [6.45, 7) is 4.15. The molecule has 0 spiro atoms. The van der Waals surface area contributed by atoms with Gasteiger partial charge in [-0.25, -0.2) is 0 Å². The number of amides is 1. The Morgan fingerprint density at radius 2 is 1.76 bits per heavy atom. The van der Waals surface area contributed by atoms with Crippen molar-refractivity contribution >= 4 is 46.5 Å². The van der Waals surface area contributed by atoms with Crippen LogP contribution in [0.1, 0.15) is 46.0 Å². The Kier molecular flexibility index (Phi) is 6.12. The van der Waals surface area contributed by atoms with Crippen molar-refractivity contribution in [1.82, 2.24) is 5.32 Å². The van der Waals surface area contributed by atoms with Crippen molar-refractivity contribution in [1.29, 1.82) is 0 Å². The van der Waals surface area contributed by atoms with E-state index >= 15 is 0 Å². The number of carbonyl (C=O) groups excluding carboxylic acids is 2. The lowest BCUT2D eigenvalue weighted by Gasteiger charge is -2.12. The van der Waals surface area contributed by atoms with E-state index in [-0.39, 0.29) is 21.6 Å². The monoisotopic (exact) mass is 375 g/mol. The predicted octanol–water partition coefficient (Wildman–Crippen LogP) is 2.95. The van der Waals surface area contributed by atoms with Crippen LogP contribution in [-0.2, 0) is 0 Å². The van der Waals surface area contributed by atoms with Crippen molar-refractivity contribution in [3.8, 4) is 0 Å². The highest BCUT2D eigenvalue weighted by molar-refractivity contribution is 7.80. The van der Waals surface area contributed by atoms with E-state index in [4.69, 9.17) is 23.8 Å². The summed E-state index contributed by atoms with van der Waals surface area (Å²) in [5.74, 6) is -1.32. The second-order valence-corrected chi connectivity index (χ2v) is 6.48. The van der Waals surface area contributed by atoms with Gasteiger partial charge in [0.1, 0.15) is 0 Å². The number of hydrogen-bond donors (Lipinski definition) is 2. The molecule has 130 valence electrons. The maximum absolute atomic E-state index is 12.2. The molecule has 0 fully saturated rings. The number of anilines is 1. The van der Waals surface area contributed by atoms with Gasteiger partial charge in [-0.2, -0.15) is 0 Å². The lowest BCUT2D eigenvalue weighted by molar-refractivity contribution is -0.255. The topological polar surface area (TPSA) is 81.3 Å². The average Bonchev–Trinajstić information content (AvgIpc) is 2.54. The van der Waals surface area contributed by atoms with E-state index in [2.05, 4.69) is 24.5 Å². The third-order valence-corrected chi connectivity index (χ3v) is 4.03. The van der Waals surface area contributed by atoms with Crippen LogP contribution in [0.25, 0.3) is 0 Å². The lowest BCUT2D eigenvalue weighted by atomic mass is 10.0. The molecule has 0 aliphatic heterocycles. The second-order valence-electron chi connectivity index (χ2n) is 5.67. The van der Waals surface area contributed by atoms with E-state index in [0.29, 0.717) is 17.2 Å². The highest BCUT2D eigenvalue weighted by atomic mass is 35.5. The van der Waals surface area contributed by atoms with Gasteiger partial charge in [0.05, 0.1) is 11.0 Å². The van der Waals surface area contributed by atoms with Gasteiger partial charge in [-0.1, -0.05) is 37.6 Å². The smallest absolute Gasteiger partial charge is 0.257 e. The molecule has 25 heavy (non-hydrogen) atoms. The number of carboxylic acids is 1. The largest absolute Gasteiger partial charge is 0.545 e. The highest BCUT2D eigenvalue weighted by Gasteiger charge is 2.10. The zero-order valence-corrected chi connectivity index (χ0v) is 15.2. The zero-order chi connectivity index (χ0) is 18.6. The average molecular weight is 376 g/mol. The van der Waals surface area contributed by atoms with Crippen LogP contribution in [0.3, 0.4) is 0 Å². The van der Waals surface area contributed by atoms with Crippen molar-refractivity contribution in [2.45, 2.75) is 19.8 Å². The minimum Gasteiger partial charge on any atom is -0.545 e. The number of carboxylic acid groups (broad SMARTS) is 1. The number of nitrogens with one attached hydrogen (secondary N) is 2. The van der Waals surface area contributed by atoms with Crippen LogP contribution in [-0.4, -0.2) is 17.0 Å². The SMILES string of the molecule is CC(C)c1ccc(C(=O)NC(=S)Nc2ccc(C(=O)[O-])c(Cl)c2)cc1. The number of hydrogen-bond acceptors (Lipinski definition) is 4. The fourth-order valence-corrected chi connectivity index (χ4v) is 2.58. The van der Waals surface area contributed by atoms with Gasteiger partial charge in [-0.05, 0) is 54.0 Å². The Morgan fingerprint density at radius 1 is 1.12 bits per heavy atom. The van der Waals surface area contributed by atoms with Gasteiger partial charge in [0.25, 0.3) is 5.91 Å². The summed E-state index contributed by atoms with van der Waals surface area (Å²) in [6.07, 6.45) is 0. The molecule has 2 rings (SSSR count). The Bertz CT molecular complexity index is 820. The molecule has 0 saturated heterocycles. The number of aromatic carboxylic acids is 1. The van der Waals surface area contributed by atoms with Crippen LogP contribution in [0.4, 0.5) is 5.69 Å². The van der Waals surface area contributed by atoms with Crippen LogP contribution in [0.2, 0.25) is 5.02 Å². The van der Waals surface area contributed by atoms with E-state index in [1.807, 2.05) is 12.1 Å². The fraction of sp³-hybridized carbons (Fsp3) is 0.167. The molecular weight excluding hydrogens is 360 g/mol. The summed E-state index contributed by atoms with van der Waals surface area (Å²) in [5.41, 5.74) is 1.96. The van der Waals surface area contributed by atoms with Crippen molar-refractivity contribution in [2.75, 3.05) is 5.32 Å². The lowest BCUT2D eigenvalue weighted by Crippen LogP contribution is -2.34. The molecular formula is C18H16ClN2O3S-. The molecule has 2 aromatic carbocycles. The van der Waals surface area contributed by atoms with E-state index in [1.165, 1.54) is 18.2 Å². The van der Waals surface area contributed by atoms with Gasteiger partial charge in [0, 0.05) is 16.8 Å². The maximum atomic E-state index is 12.2. The summed E-state index contributed by atoms with van der Waals surface area (Å²) < 4.78 is 0. The van der Waals surface area contributed by atoms with Gasteiger partial charge in [-0.15, -0.1) is 0 Å². The molecule has 0 saturated carbocycles. The first kappa shape index (κ1) is 18.9. The van der Waals surface area contributed by atoms with Crippen molar-refractivity contribution in [3.63, 3.8) is 0 Å². The third kappa shape index (κ3) is 5.01. The van der Waals surface area contributed by atoms with Gasteiger partial charge < -0.3 is 15.2 Å². The molecule has 0 atom stereocenters. The van der Waals surface area contributed by atoms with Gasteiger partial charge >= 0.3 is 0 Å². The van der Waals surface area contributed by atoms with Crippen LogP contribution in [0.15, 0.2) is 42.5 Å². The van der Waals surface area contributed by atoms with Crippen LogP contribution >= 0.6 is 23.8 Å². The summed E-state index contributed by atoms with van der Waals surface area (Å²) >= 11 is 11.0. The van der Waals surface area contributed by atoms with E-state index < -0.39 is 5.97 Å². The van der Waals surface area contributed by atoms with E-state index in [0.717, 1.165) is 5.56 Å². The number of rotatable bonds is 4. The summed E-state index contributed by atoms with van der Waals surface area (Å²) in [6, 6.07) is 11.4. The molecule has 0 unspecified atom stereocenters. The van der Waals surface area contributed by atoms with Crippen molar-refractivity contribution < 1.29 is 14.7 Å². The highest BCUT2D eigenvalue weighted by Crippen LogP contribution is 2.20. The Morgan fingerprint density at radius 3 is 2.28 bits per heavy atom. The Balaban J connectivity index is 2.01. The Hall–Kier alpha value is -2.44. The van der Waals surface area contributed by atoms with Crippen molar-refractivity contribution in [2.24, 2.45) is 0 Å². The minimum absolute atomic E-state index is 0.0170. The molecule has 0 heterocycles. The molecule has 5 nitrogen and oxygen atoms in total. The molecule has 0 bridgehead atoms. The van der Waals surface area contributed by atoms with Crippen molar-refractivity contribution in [3.05, 3.63) is 64.2 Å². The fourth-order valence-electron chi connectivity index (χ4n) is 2.12. The third-order valence-electron chi connectivity index (χ3n) is 3.51. The number of carbonyl (C=O) groups is 2. The maximum Gasteiger partial charge on any atom is 0.257 e. The van der Waals surface area contributed by atoms with Gasteiger partial charge in [0.2, 0.25) is 0 Å². The first-order valence-corrected chi connectivity index (χ1v) is 8.29. The molecule has 0 aliphatic carbocycles. The second kappa shape index (κ2) is 8.09. The first-order chi connectivity index (χ1) is 11.8. The van der Waals surface area contributed by atoms with Gasteiger partial charge in [0.15, 0.2) is 5.11 Å². The molecule has 0 aliphatic rings. The molecule has 0 aromatic heterocycles. The Labute approximate surface area is 156 Å². The molecule has 0 radical (unpaired) electrons. The summed E-state index contributed by atoms with van der Waals surface area (Å²) in [7, 11) is 0. The number of halogens is 1. The van der Waals surface area contributed by atoms with Crippen LogP contribution < -0.4 is 15.7 Å². The normalized spacial score (nSPS) is 10.4.